The van der Waals surface area contributed by atoms with Crippen LogP contribution in [-0.2, 0) is 14.8 Å². The maximum atomic E-state index is 12.0. The summed E-state index contributed by atoms with van der Waals surface area (Å²) in [6.07, 6.45) is 3.19. The van der Waals surface area contributed by atoms with Gasteiger partial charge in [-0.25, -0.2) is 8.42 Å². The van der Waals surface area contributed by atoms with E-state index in [1.165, 1.54) is 12.8 Å². The zero-order chi connectivity index (χ0) is 11.4. The first kappa shape index (κ1) is 12.3. The zero-order valence-electron chi connectivity index (χ0n) is 9.52. The number of hydrogen-bond donors (Lipinski definition) is 1. The first-order chi connectivity index (χ1) is 7.68. The molecule has 1 aliphatic heterocycles. The summed E-state index contributed by atoms with van der Waals surface area (Å²) in [6, 6.07) is 0.572. The van der Waals surface area contributed by atoms with Crippen LogP contribution in [0.25, 0.3) is 0 Å². The molecule has 0 spiro atoms. The van der Waals surface area contributed by atoms with E-state index in [0.717, 1.165) is 6.42 Å². The molecule has 0 aromatic rings. The predicted octanol–water partition coefficient (Wildman–Crippen LogP) is -0.210. The van der Waals surface area contributed by atoms with Crippen molar-refractivity contribution in [3.63, 3.8) is 0 Å². The summed E-state index contributed by atoms with van der Waals surface area (Å²) in [5, 5.41) is 3.23. The van der Waals surface area contributed by atoms with Gasteiger partial charge in [0.1, 0.15) is 0 Å². The highest BCUT2D eigenvalue weighted by Gasteiger charge is 2.25. The van der Waals surface area contributed by atoms with Gasteiger partial charge in [0, 0.05) is 32.3 Å². The summed E-state index contributed by atoms with van der Waals surface area (Å²) in [5.41, 5.74) is 0. The Kier molecular flexibility index (Phi) is 4.18. The molecule has 94 valence electrons. The van der Waals surface area contributed by atoms with Crippen molar-refractivity contribution in [2.75, 3.05) is 38.6 Å². The van der Waals surface area contributed by atoms with E-state index < -0.39 is 10.0 Å². The molecule has 0 amide bonds. The fourth-order valence-electron chi connectivity index (χ4n) is 1.81. The Labute approximate surface area is 97.2 Å². The van der Waals surface area contributed by atoms with Gasteiger partial charge in [0.2, 0.25) is 10.0 Å². The molecular weight excluding hydrogens is 228 g/mol. The Morgan fingerprint density at radius 2 is 2.06 bits per heavy atom. The molecule has 5 nitrogen and oxygen atoms in total. The Bertz CT molecular complexity index is 306. The van der Waals surface area contributed by atoms with Crippen LogP contribution in [0.1, 0.15) is 19.3 Å². The van der Waals surface area contributed by atoms with Crippen LogP contribution in [0.4, 0.5) is 0 Å². The minimum absolute atomic E-state index is 0.212. The molecular formula is C10H20N2O3S. The topological polar surface area (TPSA) is 58.6 Å². The molecule has 0 bridgehead atoms. The highest BCUT2D eigenvalue weighted by Crippen LogP contribution is 2.18. The molecule has 1 saturated heterocycles. The second kappa shape index (κ2) is 5.44. The predicted molar refractivity (Wildman–Crippen MR) is 61.8 cm³/mol. The lowest BCUT2D eigenvalue weighted by Crippen LogP contribution is -2.38. The van der Waals surface area contributed by atoms with Crippen LogP contribution in [0.3, 0.4) is 0 Å². The van der Waals surface area contributed by atoms with E-state index in [1.807, 2.05) is 0 Å². The lowest BCUT2D eigenvalue weighted by Gasteiger charge is -2.19. The molecule has 1 saturated carbocycles. The summed E-state index contributed by atoms with van der Waals surface area (Å²) < 4.78 is 30.8. The van der Waals surface area contributed by atoms with Crippen LogP contribution in [0.2, 0.25) is 0 Å². The van der Waals surface area contributed by atoms with Crippen LogP contribution >= 0.6 is 0 Å². The third kappa shape index (κ3) is 3.69. The standard InChI is InChI=1S/C10H20N2O3S/c13-16(14,9-4-11-10-2-3-10)12-5-1-7-15-8-6-12/h10-11H,1-9H2. The van der Waals surface area contributed by atoms with Crippen molar-refractivity contribution in [1.29, 1.82) is 0 Å². The largest absolute Gasteiger partial charge is 0.380 e. The SMILES string of the molecule is O=S(=O)(CCNC1CC1)N1CCCOCC1. The van der Waals surface area contributed by atoms with Crippen LogP contribution in [0, 0.1) is 0 Å². The van der Waals surface area contributed by atoms with Crippen molar-refractivity contribution < 1.29 is 13.2 Å². The van der Waals surface area contributed by atoms with Gasteiger partial charge in [-0.1, -0.05) is 0 Å². The molecule has 2 fully saturated rings. The Morgan fingerprint density at radius 1 is 1.25 bits per heavy atom. The number of sulfonamides is 1. The van der Waals surface area contributed by atoms with Crippen LogP contribution in [-0.4, -0.2) is 57.4 Å². The van der Waals surface area contributed by atoms with Crippen LogP contribution < -0.4 is 5.32 Å². The lowest BCUT2D eigenvalue weighted by atomic mass is 10.5. The van der Waals surface area contributed by atoms with Crippen molar-refractivity contribution in [1.82, 2.24) is 9.62 Å². The Morgan fingerprint density at radius 3 is 2.81 bits per heavy atom. The van der Waals surface area contributed by atoms with Crippen LogP contribution in [0.5, 0.6) is 0 Å². The number of rotatable bonds is 5. The molecule has 1 N–H and O–H groups in total. The van der Waals surface area contributed by atoms with Gasteiger partial charge in [-0.2, -0.15) is 4.31 Å². The summed E-state index contributed by atoms with van der Waals surface area (Å²) in [5.74, 6) is 0.212. The maximum absolute atomic E-state index is 12.0. The third-order valence-corrected chi connectivity index (χ3v) is 4.82. The average Bonchev–Trinajstić information content (AvgIpc) is 3.03. The van der Waals surface area contributed by atoms with E-state index in [4.69, 9.17) is 4.74 Å². The molecule has 0 unspecified atom stereocenters. The van der Waals surface area contributed by atoms with E-state index in [0.29, 0.717) is 38.9 Å². The van der Waals surface area contributed by atoms with Crippen molar-refractivity contribution in [2.45, 2.75) is 25.3 Å². The van der Waals surface area contributed by atoms with Crippen molar-refractivity contribution >= 4 is 10.0 Å². The Hall–Kier alpha value is -0.170. The number of ether oxygens (including phenoxy) is 1. The fourth-order valence-corrected chi connectivity index (χ4v) is 3.20. The molecule has 1 aliphatic carbocycles. The van der Waals surface area contributed by atoms with Crippen molar-refractivity contribution in [2.24, 2.45) is 0 Å². The first-order valence-corrected chi connectivity index (χ1v) is 7.58. The molecule has 0 radical (unpaired) electrons. The highest BCUT2D eigenvalue weighted by atomic mass is 32.2. The summed E-state index contributed by atoms with van der Waals surface area (Å²) >= 11 is 0. The van der Waals surface area contributed by atoms with E-state index in [2.05, 4.69) is 5.32 Å². The van der Waals surface area contributed by atoms with Crippen molar-refractivity contribution in [3.8, 4) is 0 Å². The molecule has 16 heavy (non-hydrogen) atoms. The van der Waals surface area contributed by atoms with Gasteiger partial charge in [0.15, 0.2) is 0 Å². The van der Waals surface area contributed by atoms with Gasteiger partial charge >= 0.3 is 0 Å². The maximum Gasteiger partial charge on any atom is 0.215 e. The third-order valence-electron chi connectivity index (χ3n) is 2.94. The summed E-state index contributed by atoms with van der Waals surface area (Å²) in [7, 11) is -3.08. The van der Waals surface area contributed by atoms with Gasteiger partial charge in [-0.3, -0.25) is 0 Å². The van der Waals surface area contributed by atoms with Gasteiger partial charge in [0.05, 0.1) is 12.4 Å². The van der Waals surface area contributed by atoms with Gasteiger partial charge in [-0.15, -0.1) is 0 Å². The van der Waals surface area contributed by atoms with Gasteiger partial charge in [-0.05, 0) is 19.3 Å². The molecule has 0 atom stereocenters. The van der Waals surface area contributed by atoms with Crippen molar-refractivity contribution in [3.05, 3.63) is 0 Å². The average molecular weight is 248 g/mol. The number of nitrogens with one attached hydrogen (secondary N) is 1. The second-order valence-electron chi connectivity index (χ2n) is 4.41. The minimum Gasteiger partial charge on any atom is -0.380 e. The molecule has 1 heterocycles. The molecule has 0 aromatic heterocycles. The molecule has 6 heteroatoms. The molecule has 0 aromatic carbocycles. The summed E-state index contributed by atoms with van der Waals surface area (Å²) in [6.45, 7) is 2.88. The lowest BCUT2D eigenvalue weighted by molar-refractivity contribution is 0.148. The quantitative estimate of drug-likeness (QED) is 0.731. The minimum atomic E-state index is -3.08. The molecule has 2 aliphatic rings. The smallest absolute Gasteiger partial charge is 0.215 e. The second-order valence-corrected chi connectivity index (χ2v) is 6.50. The summed E-state index contributed by atoms with van der Waals surface area (Å²) in [4.78, 5) is 0. The number of nitrogens with zero attached hydrogens (tertiary/aromatic N) is 1. The fraction of sp³-hybridized carbons (Fsp3) is 1.00. The van der Waals surface area contributed by atoms with E-state index in [9.17, 15) is 8.42 Å². The highest BCUT2D eigenvalue weighted by molar-refractivity contribution is 7.89. The van der Waals surface area contributed by atoms with Gasteiger partial charge in [0.25, 0.3) is 0 Å². The van der Waals surface area contributed by atoms with E-state index in [-0.39, 0.29) is 5.75 Å². The van der Waals surface area contributed by atoms with E-state index in [1.54, 1.807) is 4.31 Å². The zero-order valence-corrected chi connectivity index (χ0v) is 10.3. The monoisotopic (exact) mass is 248 g/mol. The first-order valence-electron chi connectivity index (χ1n) is 5.97. The van der Waals surface area contributed by atoms with Gasteiger partial charge < -0.3 is 10.1 Å². The van der Waals surface area contributed by atoms with Crippen LogP contribution in [0.15, 0.2) is 0 Å². The molecule has 2 rings (SSSR count). The normalized spacial score (nSPS) is 24.2. The van der Waals surface area contributed by atoms with E-state index >= 15 is 0 Å². The Balaban J connectivity index is 1.78. The number of hydrogen-bond acceptors (Lipinski definition) is 4.